The minimum Gasteiger partial charge on any atom is -0.115 e. The largest absolute Gasteiger partial charge is 0.115 e. The van der Waals surface area contributed by atoms with Crippen LogP contribution in [0.2, 0.25) is 6.55 Å². The fraction of sp³-hybridized carbons (Fsp3) is 0.250. The molecule has 0 N–H and O–H groups in total. The van der Waals surface area contributed by atoms with Gasteiger partial charge in [-0.15, -0.1) is 12.8 Å². The van der Waals surface area contributed by atoms with Gasteiger partial charge in [0.05, 0.1) is 0 Å². The van der Waals surface area contributed by atoms with E-state index in [2.05, 4.69) is 19.3 Å². The second-order valence-electron chi connectivity index (χ2n) is 1.05. The lowest BCUT2D eigenvalue weighted by Gasteiger charge is -1.68. The molecular weight excluding hydrogens is 76.1 g/mol. The summed E-state index contributed by atoms with van der Waals surface area (Å²) in [4.78, 5) is 0. The smallest absolute Gasteiger partial charge is 0.0254 e. The molecule has 0 saturated carbocycles. The van der Waals surface area contributed by atoms with Gasteiger partial charge in [-0.05, 0) is 0 Å². The molecule has 0 fully saturated rings. The molecule has 0 aliphatic carbocycles. The molecule has 0 heterocycles. The van der Waals surface area contributed by atoms with Crippen LogP contribution in [0.3, 0.4) is 0 Å². The number of hydrogen-bond acceptors (Lipinski definition) is 0. The minimum absolute atomic E-state index is 0.360. The molecule has 28 valence electrons. The van der Waals surface area contributed by atoms with Crippen molar-refractivity contribution in [2.24, 2.45) is 0 Å². The van der Waals surface area contributed by atoms with E-state index in [-0.39, 0.29) is 8.41 Å². The summed E-state index contributed by atoms with van der Waals surface area (Å²) in [5.41, 5.74) is 1.91. The molecular formula is C4H8Si. The average molecular weight is 84.2 g/mol. The first-order valence-corrected chi connectivity index (χ1v) is 3.83. The van der Waals surface area contributed by atoms with Gasteiger partial charge in [-0.25, -0.2) is 0 Å². The van der Waals surface area contributed by atoms with Crippen LogP contribution >= 0.6 is 0 Å². The molecule has 0 aromatic carbocycles. The van der Waals surface area contributed by atoms with Gasteiger partial charge in [0.2, 0.25) is 0 Å². The summed E-state index contributed by atoms with van der Waals surface area (Å²) >= 11 is 0. The molecule has 0 atom stereocenters. The molecule has 0 aliphatic heterocycles. The van der Waals surface area contributed by atoms with Crippen LogP contribution in [0.15, 0.2) is 12.3 Å². The Morgan fingerprint density at radius 2 is 2.00 bits per heavy atom. The first-order valence-electron chi connectivity index (χ1n) is 1.55. The Kier molecular flexibility index (Phi) is 2.02. The van der Waals surface area contributed by atoms with E-state index < -0.39 is 0 Å². The summed E-state index contributed by atoms with van der Waals surface area (Å²) in [7, 11) is -0.360. The van der Waals surface area contributed by atoms with Crippen molar-refractivity contribution in [1.82, 2.24) is 0 Å². The summed E-state index contributed by atoms with van der Waals surface area (Å²) < 4.78 is 0. The third-order valence-corrected chi connectivity index (χ3v) is 1.05. The van der Waals surface area contributed by atoms with Gasteiger partial charge in [-0.3, -0.25) is 0 Å². The topological polar surface area (TPSA) is 0 Å². The maximum atomic E-state index is 3.74. The van der Waals surface area contributed by atoms with E-state index in [1.54, 1.807) is 0 Å². The lowest BCUT2D eigenvalue weighted by atomic mass is 11.3. The van der Waals surface area contributed by atoms with Crippen molar-refractivity contribution in [3.05, 3.63) is 12.3 Å². The lowest BCUT2D eigenvalue weighted by molar-refractivity contribution is 2.24. The van der Waals surface area contributed by atoms with Crippen LogP contribution in [-0.2, 0) is 0 Å². The molecule has 0 saturated heterocycles. The molecule has 5 heavy (non-hydrogen) atoms. The maximum absolute atomic E-state index is 3.74. The SMILES string of the molecule is C=C[Si](=C)C. The van der Waals surface area contributed by atoms with E-state index in [1.807, 2.05) is 5.70 Å². The van der Waals surface area contributed by atoms with Crippen molar-refractivity contribution >= 4 is 14.6 Å². The Hall–Kier alpha value is -0.173. The summed E-state index contributed by atoms with van der Waals surface area (Å²) in [6, 6.07) is 0. The molecule has 0 bridgehead atoms. The minimum atomic E-state index is -0.360. The van der Waals surface area contributed by atoms with Gasteiger partial charge in [-0.1, -0.05) is 12.2 Å². The highest BCUT2D eigenvalue weighted by Crippen LogP contribution is 1.57. The molecule has 0 aliphatic rings. The highest BCUT2D eigenvalue weighted by molar-refractivity contribution is 6.65. The summed E-state index contributed by atoms with van der Waals surface area (Å²) in [5, 5.41) is 0. The molecule has 0 rings (SSSR count). The summed E-state index contributed by atoms with van der Waals surface area (Å²) in [5.74, 6) is 0. The van der Waals surface area contributed by atoms with Crippen LogP contribution in [0.25, 0.3) is 0 Å². The van der Waals surface area contributed by atoms with E-state index in [9.17, 15) is 0 Å². The van der Waals surface area contributed by atoms with Crippen molar-refractivity contribution < 1.29 is 0 Å². The van der Waals surface area contributed by atoms with Crippen LogP contribution in [0.4, 0.5) is 0 Å². The van der Waals surface area contributed by atoms with E-state index in [1.165, 1.54) is 0 Å². The maximum Gasteiger partial charge on any atom is 0.0254 e. The molecule has 0 spiro atoms. The van der Waals surface area contributed by atoms with Crippen LogP contribution in [0.5, 0.6) is 0 Å². The zero-order valence-corrected chi connectivity index (χ0v) is 4.49. The number of hydrogen-bond donors (Lipinski definition) is 0. The molecule has 0 unspecified atom stereocenters. The normalized spacial score (nSPS) is 6.60. The summed E-state index contributed by atoms with van der Waals surface area (Å²) in [6.07, 6.45) is 3.74. The van der Waals surface area contributed by atoms with Crippen molar-refractivity contribution in [2.45, 2.75) is 6.55 Å². The number of rotatable bonds is 1. The molecule has 0 aromatic heterocycles. The Morgan fingerprint density at radius 3 is 2.00 bits per heavy atom. The molecule has 0 aromatic rings. The standard InChI is InChI=1S/C4H8Si/c1-4-5(2)3/h4H,1-2H2,3H3. The van der Waals surface area contributed by atoms with Gasteiger partial charge in [0.25, 0.3) is 0 Å². The Bertz CT molecular complexity index is 54.7. The molecule has 0 amide bonds. The van der Waals surface area contributed by atoms with Crippen molar-refractivity contribution in [1.29, 1.82) is 0 Å². The van der Waals surface area contributed by atoms with Crippen LogP contribution in [-0.4, -0.2) is 14.6 Å². The van der Waals surface area contributed by atoms with Gasteiger partial charge < -0.3 is 0 Å². The molecule has 0 nitrogen and oxygen atoms in total. The fourth-order valence-corrected chi connectivity index (χ4v) is 0. The van der Waals surface area contributed by atoms with Crippen LogP contribution < -0.4 is 0 Å². The monoisotopic (exact) mass is 84.0 g/mol. The van der Waals surface area contributed by atoms with Crippen LogP contribution in [0.1, 0.15) is 0 Å². The highest BCUT2D eigenvalue weighted by Gasteiger charge is 1.62. The lowest BCUT2D eigenvalue weighted by Crippen LogP contribution is -1.80. The van der Waals surface area contributed by atoms with Gasteiger partial charge in [0.1, 0.15) is 0 Å². The molecule has 1 heteroatoms. The predicted molar refractivity (Wildman–Crippen MR) is 28.9 cm³/mol. The van der Waals surface area contributed by atoms with Gasteiger partial charge in [-0.2, -0.15) is 0 Å². The van der Waals surface area contributed by atoms with Crippen molar-refractivity contribution in [3.63, 3.8) is 0 Å². The van der Waals surface area contributed by atoms with E-state index in [4.69, 9.17) is 0 Å². The van der Waals surface area contributed by atoms with Crippen molar-refractivity contribution in [3.8, 4) is 0 Å². The summed E-state index contributed by atoms with van der Waals surface area (Å²) in [6.45, 7) is 5.64. The average Bonchev–Trinajstić information content (AvgIpc) is 1.38. The predicted octanol–water partition coefficient (Wildman–Crippen LogP) is 0.850. The van der Waals surface area contributed by atoms with E-state index in [0.29, 0.717) is 0 Å². The zero-order valence-electron chi connectivity index (χ0n) is 3.49. The van der Waals surface area contributed by atoms with Gasteiger partial charge >= 0.3 is 0 Å². The second kappa shape index (κ2) is 2.09. The van der Waals surface area contributed by atoms with Gasteiger partial charge in [0, 0.05) is 8.41 Å². The van der Waals surface area contributed by atoms with E-state index in [0.717, 1.165) is 0 Å². The first kappa shape index (κ1) is 4.83. The molecule has 0 radical (unpaired) electrons. The Balaban J connectivity index is 3.20. The zero-order chi connectivity index (χ0) is 4.28. The second-order valence-corrected chi connectivity index (χ2v) is 3.15. The Labute approximate surface area is 34.4 Å². The highest BCUT2D eigenvalue weighted by atomic mass is 28.2. The van der Waals surface area contributed by atoms with Gasteiger partial charge in [0.15, 0.2) is 0 Å². The first-order chi connectivity index (χ1) is 2.27. The quantitative estimate of drug-likeness (QED) is 0.413. The van der Waals surface area contributed by atoms with Crippen LogP contribution in [0, 0.1) is 0 Å². The third kappa shape index (κ3) is 3.83. The van der Waals surface area contributed by atoms with Crippen molar-refractivity contribution in [2.75, 3.05) is 0 Å². The third-order valence-electron chi connectivity index (χ3n) is 0.348. The van der Waals surface area contributed by atoms with E-state index >= 15 is 0 Å². The Morgan fingerprint density at radius 1 is 1.80 bits per heavy atom. The fourth-order valence-electron chi connectivity index (χ4n) is 0.